The summed E-state index contributed by atoms with van der Waals surface area (Å²) in [7, 11) is 0. The first-order valence-corrected chi connectivity index (χ1v) is 6.76. The van der Waals surface area contributed by atoms with Crippen LogP contribution in [0.3, 0.4) is 0 Å². The van der Waals surface area contributed by atoms with Gasteiger partial charge in [-0.25, -0.2) is 4.79 Å². The molecule has 0 fully saturated rings. The number of hydrogen-bond acceptors (Lipinski definition) is 3. The second kappa shape index (κ2) is 5.11. The van der Waals surface area contributed by atoms with Crippen molar-refractivity contribution < 1.29 is 9.53 Å². The molecular formula is C15H22N2O2. The largest absolute Gasteiger partial charge is 0.443 e. The fourth-order valence-corrected chi connectivity index (χ4v) is 2.28. The van der Waals surface area contributed by atoms with Crippen LogP contribution >= 0.6 is 0 Å². The normalized spacial score (nSPS) is 15.6. The number of nitrogens with zero attached hydrogens (tertiary/aromatic N) is 1. The molecule has 19 heavy (non-hydrogen) atoms. The summed E-state index contributed by atoms with van der Waals surface area (Å²) in [6.45, 7) is 6.34. The summed E-state index contributed by atoms with van der Waals surface area (Å²) >= 11 is 0. The van der Waals surface area contributed by atoms with Crippen LogP contribution in [0.2, 0.25) is 0 Å². The predicted molar refractivity (Wildman–Crippen MR) is 77.4 cm³/mol. The number of nitrogen functional groups attached to an aromatic ring is 1. The minimum atomic E-state index is -0.475. The first-order chi connectivity index (χ1) is 8.87. The number of carbonyl (C=O) groups excluding carboxylic acids is 1. The van der Waals surface area contributed by atoms with E-state index in [9.17, 15) is 4.79 Å². The third kappa shape index (κ3) is 3.40. The van der Waals surface area contributed by atoms with Gasteiger partial charge in [-0.15, -0.1) is 0 Å². The summed E-state index contributed by atoms with van der Waals surface area (Å²) in [5, 5.41) is 0. The second-order valence-electron chi connectivity index (χ2n) is 5.98. The van der Waals surface area contributed by atoms with Gasteiger partial charge in [-0.3, -0.25) is 4.90 Å². The van der Waals surface area contributed by atoms with Crippen molar-refractivity contribution in [2.45, 2.75) is 45.6 Å². The molecule has 0 saturated heterocycles. The number of ether oxygens (including phenoxy) is 1. The first kappa shape index (κ1) is 13.7. The summed E-state index contributed by atoms with van der Waals surface area (Å²) in [5.41, 5.74) is 8.15. The number of benzene rings is 1. The van der Waals surface area contributed by atoms with Crippen LogP contribution in [0.5, 0.6) is 0 Å². The Kier molecular flexibility index (Phi) is 3.69. The molecular weight excluding hydrogens is 240 g/mol. The summed E-state index contributed by atoms with van der Waals surface area (Å²) in [6, 6.07) is 5.71. The lowest BCUT2D eigenvalue weighted by molar-refractivity contribution is 0.0580. The highest BCUT2D eigenvalue weighted by atomic mass is 16.6. The monoisotopic (exact) mass is 262 g/mol. The molecule has 4 nitrogen and oxygen atoms in total. The third-order valence-electron chi connectivity index (χ3n) is 3.09. The van der Waals surface area contributed by atoms with Gasteiger partial charge in [0.15, 0.2) is 0 Å². The smallest absolute Gasteiger partial charge is 0.414 e. The molecule has 104 valence electrons. The average molecular weight is 262 g/mol. The van der Waals surface area contributed by atoms with Crippen LogP contribution < -0.4 is 10.6 Å². The highest BCUT2D eigenvalue weighted by Crippen LogP contribution is 2.29. The van der Waals surface area contributed by atoms with E-state index in [1.165, 1.54) is 0 Å². The average Bonchev–Trinajstić information content (AvgIpc) is 2.48. The molecule has 1 amide bonds. The quantitative estimate of drug-likeness (QED) is 0.729. The minimum absolute atomic E-state index is 0.277. The van der Waals surface area contributed by atoms with E-state index in [4.69, 9.17) is 10.5 Å². The molecule has 0 aliphatic carbocycles. The molecule has 0 unspecified atom stereocenters. The highest BCUT2D eigenvalue weighted by Gasteiger charge is 2.26. The topological polar surface area (TPSA) is 55.6 Å². The van der Waals surface area contributed by atoms with E-state index in [1.807, 2.05) is 39.0 Å². The first-order valence-electron chi connectivity index (χ1n) is 6.76. The van der Waals surface area contributed by atoms with Crippen molar-refractivity contribution in [2.24, 2.45) is 0 Å². The number of fused-ring (bicyclic) bond motifs is 1. The zero-order valence-electron chi connectivity index (χ0n) is 11.9. The molecule has 1 heterocycles. The Morgan fingerprint density at radius 2 is 2.05 bits per heavy atom. The number of amides is 1. The Labute approximate surface area is 114 Å². The van der Waals surface area contributed by atoms with Crippen LogP contribution in [0.1, 0.15) is 39.2 Å². The highest BCUT2D eigenvalue weighted by molar-refractivity contribution is 5.89. The molecule has 0 radical (unpaired) electrons. The lowest BCUT2D eigenvalue weighted by atomic mass is 10.1. The van der Waals surface area contributed by atoms with Gasteiger partial charge in [0.1, 0.15) is 5.60 Å². The molecule has 0 spiro atoms. The van der Waals surface area contributed by atoms with Crippen LogP contribution in [-0.4, -0.2) is 18.2 Å². The van der Waals surface area contributed by atoms with Crippen molar-refractivity contribution in [3.05, 3.63) is 23.8 Å². The SMILES string of the molecule is CC(C)(C)OC(=O)N1CCCCc2cc(N)ccc21. The van der Waals surface area contributed by atoms with E-state index in [0.717, 1.165) is 36.2 Å². The summed E-state index contributed by atoms with van der Waals surface area (Å²) in [4.78, 5) is 14.0. The number of rotatable bonds is 0. The molecule has 1 aromatic rings. The molecule has 1 aliphatic rings. The molecule has 0 saturated carbocycles. The van der Waals surface area contributed by atoms with Crippen LogP contribution in [-0.2, 0) is 11.2 Å². The van der Waals surface area contributed by atoms with Gasteiger partial charge in [-0.05, 0) is 63.8 Å². The maximum Gasteiger partial charge on any atom is 0.414 e. The number of nitrogens with two attached hydrogens (primary N) is 1. The van der Waals surface area contributed by atoms with Crippen molar-refractivity contribution in [1.82, 2.24) is 0 Å². The molecule has 0 bridgehead atoms. The molecule has 1 aliphatic heterocycles. The van der Waals surface area contributed by atoms with E-state index in [2.05, 4.69) is 0 Å². The molecule has 0 atom stereocenters. The van der Waals surface area contributed by atoms with E-state index in [-0.39, 0.29) is 6.09 Å². The zero-order chi connectivity index (χ0) is 14.0. The van der Waals surface area contributed by atoms with E-state index in [1.54, 1.807) is 4.90 Å². The van der Waals surface area contributed by atoms with Crippen molar-refractivity contribution in [3.63, 3.8) is 0 Å². The Morgan fingerprint density at radius 1 is 1.32 bits per heavy atom. The lowest BCUT2D eigenvalue weighted by Gasteiger charge is -2.27. The van der Waals surface area contributed by atoms with E-state index in [0.29, 0.717) is 6.54 Å². The molecule has 4 heteroatoms. The van der Waals surface area contributed by atoms with Gasteiger partial charge in [0.2, 0.25) is 0 Å². The van der Waals surface area contributed by atoms with E-state index >= 15 is 0 Å². The lowest BCUT2D eigenvalue weighted by Crippen LogP contribution is -2.37. The van der Waals surface area contributed by atoms with Crippen molar-refractivity contribution in [1.29, 1.82) is 0 Å². The fraction of sp³-hybridized carbons (Fsp3) is 0.533. The minimum Gasteiger partial charge on any atom is -0.443 e. The Balaban J connectivity index is 2.29. The molecule has 2 N–H and O–H groups in total. The van der Waals surface area contributed by atoms with Crippen LogP contribution in [0, 0.1) is 0 Å². The second-order valence-corrected chi connectivity index (χ2v) is 5.98. The number of hydrogen-bond donors (Lipinski definition) is 1. The predicted octanol–water partition coefficient (Wildman–Crippen LogP) is 3.35. The van der Waals surface area contributed by atoms with Gasteiger partial charge >= 0.3 is 6.09 Å². The maximum atomic E-state index is 12.3. The standard InChI is InChI=1S/C15H22N2O2/c1-15(2,3)19-14(18)17-9-5-4-6-11-10-12(16)7-8-13(11)17/h7-8,10H,4-6,9,16H2,1-3H3. The van der Waals surface area contributed by atoms with Crippen LogP contribution in [0.4, 0.5) is 16.2 Å². The number of aryl methyl sites for hydroxylation is 1. The van der Waals surface area contributed by atoms with Gasteiger partial charge in [-0.1, -0.05) is 0 Å². The summed E-state index contributed by atoms with van der Waals surface area (Å²) in [6.07, 6.45) is 2.73. The van der Waals surface area contributed by atoms with Gasteiger partial charge in [0.05, 0.1) is 5.69 Å². The number of carbonyl (C=O) groups is 1. The Morgan fingerprint density at radius 3 is 2.74 bits per heavy atom. The molecule has 1 aromatic carbocycles. The van der Waals surface area contributed by atoms with E-state index < -0.39 is 5.60 Å². The van der Waals surface area contributed by atoms with Crippen molar-refractivity contribution in [2.75, 3.05) is 17.2 Å². The number of anilines is 2. The summed E-state index contributed by atoms with van der Waals surface area (Å²) < 4.78 is 5.48. The van der Waals surface area contributed by atoms with Crippen LogP contribution in [0.25, 0.3) is 0 Å². The van der Waals surface area contributed by atoms with Gasteiger partial charge < -0.3 is 10.5 Å². The molecule has 2 rings (SSSR count). The fourth-order valence-electron chi connectivity index (χ4n) is 2.28. The van der Waals surface area contributed by atoms with Crippen LogP contribution in [0.15, 0.2) is 18.2 Å². The zero-order valence-corrected chi connectivity index (χ0v) is 11.9. The van der Waals surface area contributed by atoms with Gasteiger partial charge in [-0.2, -0.15) is 0 Å². The Hall–Kier alpha value is -1.71. The van der Waals surface area contributed by atoms with Gasteiger partial charge in [0, 0.05) is 12.2 Å². The van der Waals surface area contributed by atoms with Gasteiger partial charge in [0.25, 0.3) is 0 Å². The van der Waals surface area contributed by atoms with Crippen molar-refractivity contribution in [3.8, 4) is 0 Å². The summed E-state index contributed by atoms with van der Waals surface area (Å²) in [5.74, 6) is 0. The third-order valence-corrected chi connectivity index (χ3v) is 3.09. The maximum absolute atomic E-state index is 12.3. The Bertz CT molecular complexity index is 478. The molecule has 0 aromatic heterocycles. The van der Waals surface area contributed by atoms with Crippen molar-refractivity contribution >= 4 is 17.5 Å².